The molecule has 30 heavy (non-hydrogen) atoms. The Morgan fingerprint density at radius 2 is 1.80 bits per heavy atom. The number of likely N-dealkylation sites (N-methyl/N-ethyl adjacent to an activating group) is 1. The molecule has 2 rings (SSSR count). The van der Waals surface area contributed by atoms with Crippen molar-refractivity contribution in [1.29, 1.82) is 0 Å². The number of nitrogens with one attached hydrogen (secondary N) is 1. The number of amides is 2. The Hall–Kier alpha value is -1.92. The van der Waals surface area contributed by atoms with Gasteiger partial charge in [-0.1, -0.05) is 13.8 Å². The molecule has 2 saturated heterocycles. The van der Waals surface area contributed by atoms with Crippen LogP contribution in [0.5, 0.6) is 0 Å². The lowest BCUT2D eigenvalue weighted by molar-refractivity contribution is -0.192. The summed E-state index contributed by atoms with van der Waals surface area (Å²) < 4.78 is 43.5. The first-order valence-electron chi connectivity index (χ1n) is 9.61. The van der Waals surface area contributed by atoms with Crippen LogP contribution in [0.2, 0.25) is 0 Å². The highest BCUT2D eigenvalue weighted by atomic mass is 19.4. The fraction of sp³-hybridized carbons (Fsp3) is 0.833. The van der Waals surface area contributed by atoms with Crippen molar-refractivity contribution < 1.29 is 42.1 Å². The lowest BCUT2D eigenvalue weighted by Gasteiger charge is -2.43. The summed E-state index contributed by atoms with van der Waals surface area (Å²) in [6.07, 6.45) is -4.53. The van der Waals surface area contributed by atoms with Crippen LogP contribution in [0.25, 0.3) is 0 Å². The van der Waals surface area contributed by atoms with Gasteiger partial charge in [0.1, 0.15) is 5.60 Å². The first-order valence-corrected chi connectivity index (χ1v) is 9.61. The number of carbonyl (C=O) groups is 3. The topological polar surface area (TPSA) is 108 Å². The number of nitrogens with zero attached hydrogens (tertiary/aromatic N) is 2. The van der Waals surface area contributed by atoms with Crippen molar-refractivity contribution in [1.82, 2.24) is 15.1 Å². The van der Waals surface area contributed by atoms with Crippen LogP contribution in [0.3, 0.4) is 0 Å². The molecule has 2 aliphatic rings. The number of alkyl halides is 3. The number of ether oxygens (including phenoxy) is 2. The molecule has 0 aromatic heterocycles. The molecule has 174 valence electrons. The van der Waals surface area contributed by atoms with Crippen LogP contribution < -0.4 is 5.32 Å². The van der Waals surface area contributed by atoms with E-state index < -0.39 is 17.7 Å². The predicted molar refractivity (Wildman–Crippen MR) is 99.7 cm³/mol. The summed E-state index contributed by atoms with van der Waals surface area (Å²) in [5.41, 5.74) is -0.532. The number of hydrogen-bond acceptors (Lipinski definition) is 6. The second kappa shape index (κ2) is 11.5. The molecule has 1 spiro atoms. The maximum atomic E-state index is 12.4. The molecule has 0 radical (unpaired) electrons. The van der Waals surface area contributed by atoms with Crippen LogP contribution in [0.4, 0.5) is 13.2 Å². The fourth-order valence-electron chi connectivity index (χ4n) is 3.12. The molecule has 2 amide bonds. The molecule has 2 fully saturated rings. The Labute approximate surface area is 173 Å². The average Bonchev–Trinajstić information content (AvgIpc) is 2.82. The highest BCUT2D eigenvalue weighted by Gasteiger charge is 2.41. The number of rotatable bonds is 4. The van der Waals surface area contributed by atoms with Crippen LogP contribution in [0.15, 0.2) is 0 Å². The van der Waals surface area contributed by atoms with Gasteiger partial charge in [-0.25, -0.2) is 4.79 Å². The number of carboxylic acid groups (broad SMARTS) is 1. The Morgan fingerprint density at radius 1 is 1.17 bits per heavy atom. The number of halogens is 3. The van der Waals surface area contributed by atoms with Crippen molar-refractivity contribution in [3.05, 3.63) is 0 Å². The van der Waals surface area contributed by atoms with Crippen LogP contribution in [-0.4, -0.2) is 104 Å². The van der Waals surface area contributed by atoms with Gasteiger partial charge in [0, 0.05) is 33.1 Å². The molecule has 1 unspecified atom stereocenters. The normalized spacial score (nSPS) is 22.8. The number of aliphatic carboxylic acids is 1. The number of carbonyl (C=O) groups excluding carboxylic acids is 2. The van der Waals surface area contributed by atoms with Crippen molar-refractivity contribution in [2.45, 2.75) is 32.0 Å². The third-order valence-electron chi connectivity index (χ3n) is 4.50. The van der Waals surface area contributed by atoms with E-state index in [2.05, 4.69) is 5.32 Å². The van der Waals surface area contributed by atoms with E-state index in [4.69, 9.17) is 19.4 Å². The molecule has 1 atom stereocenters. The maximum absolute atomic E-state index is 12.4. The molecule has 0 aromatic carbocycles. The quantitative estimate of drug-likeness (QED) is 0.648. The monoisotopic (exact) mass is 441 g/mol. The van der Waals surface area contributed by atoms with E-state index in [9.17, 15) is 22.8 Å². The van der Waals surface area contributed by atoms with Gasteiger partial charge in [-0.3, -0.25) is 14.5 Å². The molecule has 12 heteroatoms. The second-order valence-electron chi connectivity index (χ2n) is 7.68. The van der Waals surface area contributed by atoms with Crippen LogP contribution in [0.1, 0.15) is 20.3 Å². The van der Waals surface area contributed by atoms with E-state index in [1.165, 1.54) is 0 Å². The lowest BCUT2D eigenvalue weighted by Crippen LogP contribution is -2.60. The van der Waals surface area contributed by atoms with E-state index in [1.807, 2.05) is 23.6 Å². The SMILES string of the molecule is CNC(=O)CN1CCOCC2(C1)CN(C(=O)CC(C)C)CCO2.O=C(O)C(F)(F)F. The van der Waals surface area contributed by atoms with Gasteiger partial charge in [0.2, 0.25) is 11.8 Å². The van der Waals surface area contributed by atoms with Gasteiger partial charge >= 0.3 is 12.1 Å². The smallest absolute Gasteiger partial charge is 0.475 e. The molecule has 2 N–H and O–H groups in total. The van der Waals surface area contributed by atoms with Crippen LogP contribution >= 0.6 is 0 Å². The van der Waals surface area contributed by atoms with Crippen molar-refractivity contribution in [3.8, 4) is 0 Å². The number of morpholine rings is 1. The van der Waals surface area contributed by atoms with Crippen molar-refractivity contribution >= 4 is 17.8 Å². The molecule has 0 aromatic rings. The fourth-order valence-corrected chi connectivity index (χ4v) is 3.12. The van der Waals surface area contributed by atoms with E-state index in [1.54, 1.807) is 7.05 Å². The summed E-state index contributed by atoms with van der Waals surface area (Å²) in [6, 6.07) is 0. The summed E-state index contributed by atoms with van der Waals surface area (Å²) in [5.74, 6) is -2.26. The largest absolute Gasteiger partial charge is 0.490 e. The van der Waals surface area contributed by atoms with Gasteiger partial charge in [-0.2, -0.15) is 13.2 Å². The van der Waals surface area contributed by atoms with Crippen LogP contribution in [0, 0.1) is 5.92 Å². The molecular formula is C18H30F3N3O6. The molecule has 0 saturated carbocycles. The van der Waals surface area contributed by atoms with Crippen molar-refractivity contribution in [2.24, 2.45) is 5.92 Å². The lowest BCUT2D eigenvalue weighted by atomic mass is 10.0. The molecule has 0 aliphatic carbocycles. The molecule has 9 nitrogen and oxygen atoms in total. The van der Waals surface area contributed by atoms with Crippen molar-refractivity contribution in [2.75, 3.05) is 59.6 Å². The summed E-state index contributed by atoms with van der Waals surface area (Å²) in [6.45, 7) is 8.43. The Bertz CT molecular complexity index is 602. The third kappa shape index (κ3) is 8.84. The minimum absolute atomic E-state index is 0.0226. The second-order valence-corrected chi connectivity index (χ2v) is 7.68. The molecule has 2 heterocycles. The van der Waals surface area contributed by atoms with Gasteiger partial charge in [0.25, 0.3) is 0 Å². The minimum atomic E-state index is -5.08. The number of hydrogen-bond donors (Lipinski definition) is 2. The zero-order valence-corrected chi connectivity index (χ0v) is 17.5. The Kier molecular flexibility index (Phi) is 9.98. The minimum Gasteiger partial charge on any atom is -0.475 e. The van der Waals surface area contributed by atoms with E-state index in [0.717, 1.165) is 0 Å². The third-order valence-corrected chi connectivity index (χ3v) is 4.50. The first kappa shape index (κ1) is 26.1. The van der Waals surface area contributed by atoms with Gasteiger partial charge < -0.3 is 24.8 Å². The molecular weight excluding hydrogens is 411 g/mol. The zero-order valence-electron chi connectivity index (χ0n) is 17.5. The Morgan fingerprint density at radius 3 is 2.33 bits per heavy atom. The summed E-state index contributed by atoms with van der Waals surface area (Å²) in [7, 11) is 1.63. The molecule has 2 aliphatic heterocycles. The summed E-state index contributed by atoms with van der Waals surface area (Å²) >= 11 is 0. The van der Waals surface area contributed by atoms with Gasteiger partial charge in [-0.05, 0) is 5.92 Å². The van der Waals surface area contributed by atoms with Gasteiger partial charge in [-0.15, -0.1) is 0 Å². The average molecular weight is 441 g/mol. The van der Waals surface area contributed by atoms with E-state index >= 15 is 0 Å². The van der Waals surface area contributed by atoms with E-state index in [0.29, 0.717) is 64.9 Å². The summed E-state index contributed by atoms with van der Waals surface area (Å²) in [5, 5.41) is 9.77. The van der Waals surface area contributed by atoms with Gasteiger partial charge in [0.05, 0.1) is 32.9 Å². The highest BCUT2D eigenvalue weighted by Crippen LogP contribution is 2.23. The summed E-state index contributed by atoms with van der Waals surface area (Å²) in [4.78, 5) is 36.9. The Balaban J connectivity index is 0.000000553. The highest BCUT2D eigenvalue weighted by molar-refractivity contribution is 5.77. The van der Waals surface area contributed by atoms with Crippen molar-refractivity contribution in [3.63, 3.8) is 0 Å². The molecule has 0 bridgehead atoms. The van der Waals surface area contributed by atoms with Gasteiger partial charge in [0.15, 0.2) is 0 Å². The number of carboxylic acids is 1. The standard InChI is InChI=1S/C16H29N3O4.C2HF3O2/c1-13(2)8-15(21)19-5-7-23-16(11-19)10-18(4-6-22-12-16)9-14(20)17-3;3-2(4,5)1(6)7/h13H,4-12H2,1-3H3,(H,17,20);(H,6,7). The van der Waals surface area contributed by atoms with Crippen LogP contribution in [-0.2, 0) is 23.9 Å². The zero-order chi connectivity index (χ0) is 22.9. The van der Waals surface area contributed by atoms with E-state index in [-0.39, 0.29) is 11.8 Å². The maximum Gasteiger partial charge on any atom is 0.490 e. The first-order chi connectivity index (χ1) is 13.9. The predicted octanol–water partition coefficient (Wildman–Crippen LogP) is 0.342.